The maximum Gasteiger partial charge on any atom is 0.291 e. The van der Waals surface area contributed by atoms with Gasteiger partial charge in [0.2, 0.25) is 5.91 Å². The lowest BCUT2D eigenvalue weighted by Gasteiger charge is -2.08. The third-order valence-electron chi connectivity index (χ3n) is 4.08. The molecule has 0 aliphatic carbocycles. The fourth-order valence-corrected chi connectivity index (χ4v) is 5.71. The molecule has 1 aromatic carbocycles. The molecule has 0 saturated carbocycles. The Bertz CT molecular complexity index is 711. The molecule has 7 heteroatoms. The van der Waals surface area contributed by atoms with Gasteiger partial charge in [-0.3, -0.25) is 9.59 Å². The maximum atomic E-state index is 12.0. The van der Waals surface area contributed by atoms with E-state index in [0.29, 0.717) is 12.1 Å². The fourth-order valence-electron chi connectivity index (χ4n) is 2.68. The lowest BCUT2D eigenvalue weighted by atomic mass is 10.1. The molecule has 1 unspecified atom stereocenters. The molecule has 0 spiro atoms. The molecule has 3 rings (SSSR count). The zero-order chi connectivity index (χ0) is 18.2. The molecule has 0 bridgehead atoms. The molecule has 2 N–H and O–H groups in total. The molecule has 2 amide bonds. The Morgan fingerprint density at radius 3 is 2.50 bits per heavy atom. The van der Waals surface area contributed by atoms with Gasteiger partial charge in [0.05, 0.1) is 6.26 Å². The Morgan fingerprint density at radius 2 is 1.85 bits per heavy atom. The lowest BCUT2D eigenvalue weighted by Crippen LogP contribution is -2.12. The van der Waals surface area contributed by atoms with Crippen molar-refractivity contribution in [2.45, 2.75) is 37.4 Å². The van der Waals surface area contributed by atoms with Crippen molar-refractivity contribution in [1.29, 1.82) is 0 Å². The third-order valence-corrected chi connectivity index (χ3v) is 7.09. The average Bonchev–Trinajstić information content (AvgIpc) is 3.34. The van der Waals surface area contributed by atoms with Gasteiger partial charge in [-0.25, -0.2) is 0 Å². The van der Waals surface area contributed by atoms with Crippen molar-refractivity contribution in [2.75, 3.05) is 16.4 Å². The van der Waals surface area contributed by atoms with Crippen molar-refractivity contribution < 1.29 is 14.0 Å². The Labute approximate surface area is 161 Å². The molecular weight excluding hydrogens is 368 g/mol. The number of amides is 2. The van der Waals surface area contributed by atoms with Crippen LogP contribution in [0.4, 0.5) is 11.4 Å². The highest BCUT2D eigenvalue weighted by atomic mass is 33.1. The highest BCUT2D eigenvalue weighted by Gasteiger charge is 2.15. The summed E-state index contributed by atoms with van der Waals surface area (Å²) in [6, 6.07) is 10.3. The molecule has 2 heterocycles. The SMILES string of the molecule is O=C(CCCCC1CCSS1)Nc1ccc(NC(=O)c2ccco2)cc1. The number of benzene rings is 1. The molecule has 1 fully saturated rings. The minimum atomic E-state index is -0.300. The number of furan rings is 1. The van der Waals surface area contributed by atoms with Crippen molar-refractivity contribution >= 4 is 44.8 Å². The zero-order valence-corrected chi connectivity index (χ0v) is 16.0. The molecule has 138 valence electrons. The Balaban J connectivity index is 1.37. The predicted molar refractivity (Wildman–Crippen MR) is 109 cm³/mol. The topological polar surface area (TPSA) is 71.3 Å². The fraction of sp³-hybridized carbons (Fsp3) is 0.368. The molecule has 5 nitrogen and oxygen atoms in total. The summed E-state index contributed by atoms with van der Waals surface area (Å²) in [5.41, 5.74) is 1.38. The Kier molecular flexibility index (Phi) is 7.08. The van der Waals surface area contributed by atoms with E-state index < -0.39 is 0 Å². The highest BCUT2D eigenvalue weighted by Crippen LogP contribution is 2.39. The Morgan fingerprint density at radius 1 is 1.08 bits per heavy atom. The quantitative estimate of drug-likeness (QED) is 0.480. The van der Waals surface area contributed by atoms with Gasteiger partial charge >= 0.3 is 0 Å². The molecular formula is C19H22N2O3S2. The smallest absolute Gasteiger partial charge is 0.291 e. The van der Waals surface area contributed by atoms with E-state index in [-0.39, 0.29) is 17.6 Å². The van der Waals surface area contributed by atoms with E-state index in [0.717, 1.165) is 23.8 Å². The van der Waals surface area contributed by atoms with Gasteiger partial charge in [-0.05, 0) is 55.7 Å². The van der Waals surface area contributed by atoms with Gasteiger partial charge in [0.1, 0.15) is 0 Å². The number of hydrogen-bond donors (Lipinski definition) is 2. The first kappa shape index (κ1) is 18.9. The normalized spacial score (nSPS) is 16.4. The Hall–Kier alpha value is -1.86. The largest absolute Gasteiger partial charge is 0.459 e. The van der Waals surface area contributed by atoms with Crippen LogP contribution in [0.25, 0.3) is 0 Å². The van der Waals surface area contributed by atoms with Gasteiger partial charge in [0, 0.05) is 28.8 Å². The summed E-state index contributed by atoms with van der Waals surface area (Å²) >= 11 is 0. The summed E-state index contributed by atoms with van der Waals surface area (Å²) in [5, 5.41) is 6.41. The molecule has 1 aliphatic rings. The van der Waals surface area contributed by atoms with Crippen molar-refractivity contribution in [1.82, 2.24) is 0 Å². The number of anilines is 2. The first-order valence-electron chi connectivity index (χ1n) is 8.74. The van der Waals surface area contributed by atoms with Crippen LogP contribution in [0.3, 0.4) is 0 Å². The second kappa shape index (κ2) is 9.73. The van der Waals surface area contributed by atoms with E-state index in [2.05, 4.69) is 10.6 Å². The van der Waals surface area contributed by atoms with Crippen LogP contribution in [0.1, 0.15) is 42.7 Å². The van der Waals surface area contributed by atoms with E-state index in [1.165, 1.54) is 24.9 Å². The lowest BCUT2D eigenvalue weighted by molar-refractivity contribution is -0.116. The van der Waals surface area contributed by atoms with Crippen LogP contribution in [-0.4, -0.2) is 22.8 Å². The minimum absolute atomic E-state index is 0.0332. The van der Waals surface area contributed by atoms with Crippen LogP contribution < -0.4 is 10.6 Å². The van der Waals surface area contributed by atoms with Gasteiger partial charge < -0.3 is 15.1 Å². The molecule has 0 radical (unpaired) electrons. The van der Waals surface area contributed by atoms with Crippen molar-refractivity contribution in [3.63, 3.8) is 0 Å². The standard InChI is InChI=1S/C19H22N2O3S2/c22-18(6-2-1-4-16-11-13-25-26-16)20-14-7-9-15(10-8-14)21-19(23)17-5-3-12-24-17/h3,5,7-10,12,16H,1-2,4,6,11,13H2,(H,20,22)(H,21,23). The van der Waals surface area contributed by atoms with Crippen LogP contribution in [0.15, 0.2) is 47.1 Å². The first-order chi connectivity index (χ1) is 12.7. The molecule has 2 aromatic rings. The van der Waals surface area contributed by atoms with Gasteiger partial charge in [-0.1, -0.05) is 28.0 Å². The average molecular weight is 391 g/mol. The number of unbranched alkanes of at least 4 members (excludes halogenated alkanes) is 1. The van der Waals surface area contributed by atoms with Gasteiger partial charge in [0.25, 0.3) is 5.91 Å². The number of nitrogens with one attached hydrogen (secondary N) is 2. The summed E-state index contributed by atoms with van der Waals surface area (Å²) < 4.78 is 5.05. The molecule has 1 aromatic heterocycles. The van der Waals surface area contributed by atoms with Crippen LogP contribution in [-0.2, 0) is 4.79 Å². The molecule has 1 atom stereocenters. The van der Waals surface area contributed by atoms with E-state index >= 15 is 0 Å². The van der Waals surface area contributed by atoms with Crippen molar-refractivity contribution in [3.8, 4) is 0 Å². The monoisotopic (exact) mass is 390 g/mol. The number of carbonyl (C=O) groups excluding carboxylic acids is 2. The van der Waals surface area contributed by atoms with E-state index in [4.69, 9.17) is 4.42 Å². The van der Waals surface area contributed by atoms with Crippen LogP contribution in [0, 0.1) is 0 Å². The second-order valence-corrected chi connectivity index (χ2v) is 8.92. The number of hydrogen-bond acceptors (Lipinski definition) is 5. The van der Waals surface area contributed by atoms with E-state index in [1.54, 1.807) is 36.4 Å². The second-order valence-electron chi connectivity index (χ2n) is 6.13. The minimum Gasteiger partial charge on any atom is -0.459 e. The van der Waals surface area contributed by atoms with Crippen LogP contribution in [0.2, 0.25) is 0 Å². The maximum absolute atomic E-state index is 12.0. The van der Waals surface area contributed by atoms with E-state index in [1.807, 2.05) is 21.6 Å². The van der Waals surface area contributed by atoms with Gasteiger partial charge in [-0.2, -0.15) is 0 Å². The number of rotatable bonds is 8. The molecule has 1 aliphatic heterocycles. The highest BCUT2D eigenvalue weighted by molar-refractivity contribution is 8.77. The van der Waals surface area contributed by atoms with Crippen LogP contribution >= 0.6 is 21.6 Å². The first-order valence-corrected chi connectivity index (χ1v) is 11.1. The predicted octanol–water partition coefficient (Wildman–Crippen LogP) is 5.18. The third kappa shape index (κ3) is 5.85. The van der Waals surface area contributed by atoms with Crippen molar-refractivity contribution in [2.24, 2.45) is 0 Å². The summed E-state index contributed by atoms with van der Waals surface area (Å²) in [6.45, 7) is 0. The molecule has 26 heavy (non-hydrogen) atoms. The number of carbonyl (C=O) groups is 2. The summed E-state index contributed by atoms with van der Waals surface area (Å²) in [5.74, 6) is 1.25. The zero-order valence-electron chi connectivity index (χ0n) is 14.4. The summed E-state index contributed by atoms with van der Waals surface area (Å²) in [7, 11) is 3.95. The molecule has 1 saturated heterocycles. The van der Waals surface area contributed by atoms with Crippen LogP contribution in [0.5, 0.6) is 0 Å². The van der Waals surface area contributed by atoms with Crippen molar-refractivity contribution in [3.05, 3.63) is 48.4 Å². The summed E-state index contributed by atoms with van der Waals surface area (Å²) in [6.07, 6.45) is 6.52. The van der Waals surface area contributed by atoms with Gasteiger partial charge in [-0.15, -0.1) is 0 Å². The van der Waals surface area contributed by atoms with E-state index in [9.17, 15) is 9.59 Å². The van der Waals surface area contributed by atoms with Gasteiger partial charge in [0.15, 0.2) is 5.76 Å². The summed E-state index contributed by atoms with van der Waals surface area (Å²) in [4.78, 5) is 23.9.